The predicted octanol–water partition coefficient (Wildman–Crippen LogP) is 2.67. The summed E-state index contributed by atoms with van der Waals surface area (Å²) in [6, 6.07) is 0.141. The van der Waals surface area contributed by atoms with Crippen LogP contribution in [0, 0.1) is 0 Å². The summed E-state index contributed by atoms with van der Waals surface area (Å²) >= 11 is 0. The maximum absolute atomic E-state index is 11.1. The third-order valence-corrected chi connectivity index (χ3v) is 3.19. The van der Waals surface area contributed by atoms with Crippen LogP contribution in [0.25, 0.3) is 0 Å². The minimum absolute atomic E-state index is 0.141. The molecule has 0 aromatic carbocycles. The van der Waals surface area contributed by atoms with Gasteiger partial charge in [-0.05, 0) is 12.8 Å². The molecule has 0 aromatic heterocycles. The lowest BCUT2D eigenvalue weighted by Crippen LogP contribution is -2.33. The van der Waals surface area contributed by atoms with Crippen LogP contribution in [-0.4, -0.2) is 20.7 Å². The summed E-state index contributed by atoms with van der Waals surface area (Å²) in [5.41, 5.74) is 0. The molecular formula is C11H25NO2S. The molecule has 92 valence electrons. The Hall–Kier alpha value is -0.0900. The van der Waals surface area contributed by atoms with Gasteiger partial charge < -0.3 is 0 Å². The van der Waals surface area contributed by atoms with Crippen LogP contribution in [0.2, 0.25) is 0 Å². The molecule has 0 spiro atoms. The second kappa shape index (κ2) is 8.11. The van der Waals surface area contributed by atoms with E-state index in [2.05, 4.69) is 18.6 Å². The van der Waals surface area contributed by atoms with Crippen molar-refractivity contribution >= 4 is 10.0 Å². The maximum Gasteiger partial charge on any atom is 0.208 e. The molecule has 3 nitrogen and oxygen atoms in total. The van der Waals surface area contributed by atoms with E-state index < -0.39 is 10.0 Å². The number of hydrogen-bond donors (Lipinski definition) is 1. The molecule has 0 saturated carbocycles. The monoisotopic (exact) mass is 235 g/mol. The lowest BCUT2D eigenvalue weighted by Gasteiger charge is -2.16. The third kappa shape index (κ3) is 10.2. The van der Waals surface area contributed by atoms with Gasteiger partial charge in [-0.15, -0.1) is 0 Å². The maximum atomic E-state index is 11.1. The largest absolute Gasteiger partial charge is 0.213 e. The van der Waals surface area contributed by atoms with Crippen molar-refractivity contribution in [3.05, 3.63) is 0 Å². The zero-order valence-electron chi connectivity index (χ0n) is 10.3. The smallest absolute Gasteiger partial charge is 0.208 e. The van der Waals surface area contributed by atoms with Gasteiger partial charge in [0.2, 0.25) is 10.0 Å². The Morgan fingerprint density at radius 1 is 1.00 bits per heavy atom. The quantitative estimate of drug-likeness (QED) is 0.625. The predicted molar refractivity (Wildman–Crippen MR) is 65.4 cm³/mol. The van der Waals surface area contributed by atoms with Crippen LogP contribution >= 0.6 is 0 Å². The molecule has 0 fully saturated rings. The van der Waals surface area contributed by atoms with Gasteiger partial charge in [0.25, 0.3) is 0 Å². The van der Waals surface area contributed by atoms with Crippen molar-refractivity contribution in [1.29, 1.82) is 0 Å². The van der Waals surface area contributed by atoms with E-state index in [1.54, 1.807) is 0 Å². The van der Waals surface area contributed by atoms with Crippen LogP contribution in [0.5, 0.6) is 0 Å². The number of unbranched alkanes of at least 4 members (excludes halogenated alkanes) is 3. The van der Waals surface area contributed by atoms with Crippen molar-refractivity contribution in [1.82, 2.24) is 4.72 Å². The zero-order chi connectivity index (χ0) is 11.7. The fourth-order valence-corrected chi connectivity index (χ4v) is 2.57. The average molecular weight is 235 g/mol. The zero-order valence-corrected chi connectivity index (χ0v) is 11.1. The normalized spacial score (nSPS) is 14.1. The molecular weight excluding hydrogens is 210 g/mol. The fourth-order valence-electron chi connectivity index (χ4n) is 1.73. The highest BCUT2D eigenvalue weighted by molar-refractivity contribution is 7.88. The van der Waals surface area contributed by atoms with Crippen LogP contribution in [0.15, 0.2) is 0 Å². The number of nitrogens with one attached hydrogen (secondary N) is 1. The SMILES string of the molecule is CCCCCC[C@H](CCC)NS(C)(=O)=O. The molecule has 0 aliphatic rings. The van der Waals surface area contributed by atoms with E-state index in [1.165, 1.54) is 25.5 Å². The number of rotatable bonds is 9. The molecule has 0 rings (SSSR count). The Bertz CT molecular complexity index is 237. The lowest BCUT2D eigenvalue weighted by molar-refractivity contribution is 0.475. The van der Waals surface area contributed by atoms with Crippen molar-refractivity contribution in [2.75, 3.05) is 6.26 Å². The topological polar surface area (TPSA) is 46.2 Å². The second-order valence-electron chi connectivity index (χ2n) is 4.22. The first kappa shape index (κ1) is 14.9. The standard InChI is InChI=1S/C11H25NO2S/c1-4-6-7-8-10-11(9-5-2)12-15(3,13)14/h11-12H,4-10H2,1-3H3/t11-/m0/s1. The molecule has 0 saturated heterocycles. The van der Waals surface area contributed by atoms with Gasteiger partial charge in [0.1, 0.15) is 0 Å². The molecule has 0 amide bonds. The summed E-state index contributed by atoms with van der Waals surface area (Å²) in [6.45, 7) is 4.27. The first-order valence-electron chi connectivity index (χ1n) is 5.97. The van der Waals surface area contributed by atoms with E-state index in [9.17, 15) is 8.42 Å². The highest BCUT2D eigenvalue weighted by Gasteiger charge is 2.12. The number of hydrogen-bond acceptors (Lipinski definition) is 2. The van der Waals surface area contributed by atoms with Gasteiger partial charge in [0, 0.05) is 6.04 Å². The molecule has 15 heavy (non-hydrogen) atoms. The Kier molecular flexibility index (Phi) is 8.06. The molecule has 0 aromatic rings. The lowest BCUT2D eigenvalue weighted by atomic mass is 10.0. The number of sulfonamides is 1. The van der Waals surface area contributed by atoms with Crippen molar-refractivity contribution < 1.29 is 8.42 Å². The van der Waals surface area contributed by atoms with E-state index >= 15 is 0 Å². The van der Waals surface area contributed by atoms with Crippen LogP contribution in [0.1, 0.15) is 58.8 Å². The van der Waals surface area contributed by atoms with Crippen LogP contribution < -0.4 is 4.72 Å². The average Bonchev–Trinajstić information content (AvgIpc) is 2.10. The minimum atomic E-state index is -3.04. The summed E-state index contributed by atoms with van der Waals surface area (Å²) in [5, 5.41) is 0. The molecule has 0 unspecified atom stereocenters. The Balaban J connectivity index is 3.83. The van der Waals surface area contributed by atoms with E-state index in [-0.39, 0.29) is 6.04 Å². The highest BCUT2D eigenvalue weighted by Crippen LogP contribution is 2.10. The van der Waals surface area contributed by atoms with Crippen LogP contribution in [0.3, 0.4) is 0 Å². The highest BCUT2D eigenvalue weighted by atomic mass is 32.2. The first-order valence-corrected chi connectivity index (χ1v) is 7.86. The summed E-state index contributed by atoms with van der Waals surface area (Å²) in [4.78, 5) is 0. The van der Waals surface area contributed by atoms with Crippen molar-refractivity contribution in [3.63, 3.8) is 0 Å². The Labute approximate surface area is 94.7 Å². The summed E-state index contributed by atoms with van der Waals surface area (Å²) < 4.78 is 24.9. The van der Waals surface area contributed by atoms with E-state index in [0.29, 0.717) is 0 Å². The first-order chi connectivity index (χ1) is 6.99. The molecule has 0 aliphatic carbocycles. The van der Waals surface area contributed by atoms with Gasteiger partial charge in [-0.2, -0.15) is 0 Å². The summed E-state index contributed by atoms with van der Waals surface area (Å²) in [5.74, 6) is 0. The van der Waals surface area contributed by atoms with Crippen molar-refractivity contribution in [3.8, 4) is 0 Å². The Morgan fingerprint density at radius 2 is 1.67 bits per heavy atom. The molecule has 1 atom stereocenters. The van der Waals surface area contributed by atoms with Gasteiger partial charge in [-0.25, -0.2) is 13.1 Å². The van der Waals surface area contributed by atoms with Crippen LogP contribution in [-0.2, 0) is 10.0 Å². The van der Waals surface area contributed by atoms with Crippen molar-refractivity contribution in [2.24, 2.45) is 0 Å². The van der Waals surface area contributed by atoms with Gasteiger partial charge >= 0.3 is 0 Å². The van der Waals surface area contributed by atoms with E-state index in [0.717, 1.165) is 25.7 Å². The third-order valence-electron chi connectivity index (χ3n) is 2.42. The molecule has 4 heteroatoms. The molecule has 1 N–H and O–H groups in total. The van der Waals surface area contributed by atoms with Crippen molar-refractivity contribution in [2.45, 2.75) is 64.8 Å². The van der Waals surface area contributed by atoms with Gasteiger partial charge in [0.05, 0.1) is 6.26 Å². The summed E-state index contributed by atoms with van der Waals surface area (Å²) in [7, 11) is -3.04. The molecule has 0 aliphatic heterocycles. The molecule has 0 heterocycles. The molecule has 0 bridgehead atoms. The van der Waals surface area contributed by atoms with Gasteiger partial charge in [0.15, 0.2) is 0 Å². The molecule has 0 radical (unpaired) electrons. The van der Waals surface area contributed by atoms with E-state index in [1.807, 2.05) is 0 Å². The minimum Gasteiger partial charge on any atom is -0.213 e. The van der Waals surface area contributed by atoms with Gasteiger partial charge in [-0.3, -0.25) is 0 Å². The van der Waals surface area contributed by atoms with Gasteiger partial charge in [-0.1, -0.05) is 46.0 Å². The summed E-state index contributed by atoms with van der Waals surface area (Å²) in [6.07, 6.45) is 8.99. The second-order valence-corrected chi connectivity index (χ2v) is 6.00. The van der Waals surface area contributed by atoms with Crippen LogP contribution in [0.4, 0.5) is 0 Å². The van der Waals surface area contributed by atoms with E-state index in [4.69, 9.17) is 0 Å². The fraction of sp³-hybridized carbons (Fsp3) is 1.00. The Morgan fingerprint density at radius 3 is 2.13 bits per heavy atom.